The molecule has 4 rings (SSSR count). The molecule has 0 radical (unpaired) electrons. The summed E-state index contributed by atoms with van der Waals surface area (Å²) < 4.78 is 25.6. The highest BCUT2D eigenvalue weighted by Crippen LogP contribution is 2.30. The molecular formula is C25H28F2N4OS. The highest BCUT2D eigenvalue weighted by Gasteiger charge is 2.24. The Bertz CT molecular complexity index is 1120. The smallest absolute Gasteiger partial charge is 0.288 e. The number of fused-ring (bicyclic) bond motifs is 1. The zero-order valence-electron chi connectivity index (χ0n) is 18.7. The lowest BCUT2D eigenvalue weighted by Crippen LogP contribution is -2.40. The molecule has 0 unspecified atom stereocenters. The maximum absolute atomic E-state index is 12.8. The number of nitrogens with one attached hydrogen (secondary N) is 2. The summed E-state index contributed by atoms with van der Waals surface area (Å²) in [6, 6.07) is 17.0. The maximum Gasteiger partial charge on any atom is 0.288 e. The van der Waals surface area contributed by atoms with Crippen molar-refractivity contribution in [3.8, 4) is 0 Å². The zero-order chi connectivity index (χ0) is 23.4. The molecule has 2 aromatic carbocycles. The van der Waals surface area contributed by atoms with Crippen LogP contribution in [0.15, 0.2) is 59.5 Å². The number of benzene rings is 2. The number of anilines is 2. The molecule has 1 amide bonds. The van der Waals surface area contributed by atoms with Crippen molar-refractivity contribution in [3.05, 3.63) is 60.2 Å². The van der Waals surface area contributed by atoms with E-state index in [1.54, 1.807) is 24.3 Å². The Labute approximate surface area is 197 Å². The van der Waals surface area contributed by atoms with Gasteiger partial charge in [0.1, 0.15) is 5.82 Å². The summed E-state index contributed by atoms with van der Waals surface area (Å²) in [6.07, 6.45) is 3.43. The number of pyridine rings is 1. The van der Waals surface area contributed by atoms with Gasteiger partial charge in [0.15, 0.2) is 0 Å². The van der Waals surface area contributed by atoms with Crippen molar-refractivity contribution in [3.63, 3.8) is 0 Å². The summed E-state index contributed by atoms with van der Waals surface area (Å²) in [5.74, 6) is -2.00. The minimum Gasteiger partial charge on any atom is -0.377 e. The van der Waals surface area contributed by atoms with Crippen LogP contribution in [0.25, 0.3) is 10.9 Å². The molecule has 8 heteroatoms. The summed E-state index contributed by atoms with van der Waals surface area (Å²) in [5, 5.41) is 7.72. The van der Waals surface area contributed by atoms with E-state index in [0.717, 1.165) is 48.1 Å². The van der Waals surface area contributed by atoms with Crippen LogP contribution in [0, 0.1) is 0 Å². The second-order valence-electron chi connectivity index (χ2n) is 8.48. The van der Waals surface area contributed by atoms with Gasteiger partial charge in [-0.25, -0.2) is 4.98 Å². The lowest BCUT2D eigenvalue weighted by Gasteiger charge is -2.30. The molecule has 5 nitrogen and oxygen atoms in total. The van der Waals surface area contributed by atoms with E-state index in [1.165, 1.54) is 0 Å². The molecule has 0 atom stereocenters. The van der Waals surface area contributed by atoms with E-state index >= 15 is 0 Å². The minimum atomic E-state index is -2.56. The predicted molar refractivity (Wildman–Crippen MR) is 132 cm³/mol. The fourth-order valence-corrected chi connectivity index (χ4v) is 4.95. The predicted octanol–water partition coefficient (Wildman–Crippen LogP) is 5.77. The van der Waals surface area contributed by atoms with Gasteiger partial charge >= 0.3 is 0 Å². The summed E-state index contributed by atoms with van der Waals surface area (Å²) in [7, 11) is 4.05. The zero-order valence-corrected chi connectivity index (χ0v) is 19.5. The van der Waals surface area contributed by atoms with E-state index < -0.39 is 5.76 Å². The first kappa shape index (κ1) is 23.3. The third kappa shape index (κ3) is 5.74. The molecule has 1 heterocycles. The molecular weight excluding hydrogens is 442 g/mol. The van der Waals surface area contributed by atoms with Gasteiger partial charge < -0.3 is 15.5 Å². The van der Waals surface area contributed by atoms with Crippen LogP contribution >= 0.6 is 11.8 Å². The van der Waals surface area contributed by atoms with E-state index in [2.05, 4.69) is 27.7 Å². The van der Waals surface area contributed by atoms with Crippen molar-refractivity contribution >= 4 is 40.1 Å². The van der Waals surface area contributed by atoms with Crippen molar-refractivity contribution in [1.82, 2.24) is 10.3 Å². The third-order valence-electron chi connectivity index (χ3n) is 5.94. The van der Waals surface area contributed by atoms with Crippen LogP contribution in [-0.4, -0.2) is 42.8 Å². The Morgan fingerprint density at radius 3 is 2.42 bits per heavy atom. The van der Waals surface area contributed by atoms with Crippen LogP contribution in [0.1, 0.15) is 36.0 Å². The number of rotatable bonds is 7. The molecule has 0 aliphatic heterocycles. The van der Waals surface area contributed by atoms with Crippen LogP contribution in [0.3, 0.4) is 0 Å². The first-order valence-electron chi connectivity index (χ1n) is 11.1. The van der Waals surface area contributed by atoms with E-state index in [0.29, 0.717) is 22.2 Å². The van der Waals surface area contributed by atoms with Crippen molar-refractivity contribution in [2.75, 3.05) is 24.3 Å². The van der Waals surface area contributed by atoms with Crippen LogP contribution in [-0.2, 0) is 0 Å². The highest BCUT2D eigenvalue weighted by molar-refractivity contribution is 7.99. The van der Waals surface area contributed by atoms with E-state index in [4.69, 9.17) is 4.98 Å². The van der Waals surface area contributed by atoms with Gasteiger partial charge in [-0.2, -0.15) is 8.78 Å². The van der Waals surface area contributed by atoms with Gasteiger partial charge in [0.25, 0.3) is 11.7 Å². The minimum absolute atomic E-state index is 0.0297. The van der Waals surface area contributed by atoms with Crippen molar-refractivity contribution in [2.24, 2.45) is 0 Å². The lowest BCUT2D eigenvalue weighted by molar-refractivity contribution is 0.0923. The number of carbonyl (C=O) groups excluding carboxylic acids is 1. The highest BCUT2D eigenvalue weighted by atomic mass is 32.2. The molecule has 1 saturated carbocycles. The Morgan fingerprint density at radius 1 is 1.03 bits per heavy atom. The van der Waals surface area contributed by atoms with Crippen molar-refractivity contribution in [2.45, 2.75) is 48.4 Å². The van der Waals surface area contributed by atoms with Crippen LogP contribution in [0.5, 0.6) is 0 Å². The van der Waals surface area contributed by atoms with Crippen LogP contribution in [0.4, 0.5) is 20.3 Å². The number of carbonyl (C=O) groups is 1. The fraction of sp³-hybridized carbons (Fsp3) is 0.360. The standard InChI is InChI=1S/C25H28F2N4OS/c1-31(2)21-15-23(30-20-9-5-3-7-18(20)21)28-16-11-13-17(14-12-16)29-24(32)19-8-4-6-10-22(19)33-25(26)27/h3-10,15-17,25H,11-14H2,1-2H3,(H,28,30)(H,29,32). The van der Waals surface area contributed by atoms with E-state index in [1.807, 2.05) is 32.3 Å². The first-order chi connectivity index (χ1) is 15.9. The largest absolute Gasteiger partial charge is 0.377 e. The van der Waals surface area contributed by atoms with Gasteiger partial charge in [-0.05, 0) is 43.9 Å². The summed E-state index contributed by atoms with van der Waals surface area (Å²) >= 11 is 0.406. The monoisotopic (exact) mass is 470 g/mol. The molecule has 0 spiro atoms. The van der Waals surface area contributed by atoms with Gasteiger partial charge in [0.2, 0.25) is 0 Å². The summed E-state index contributed by atoms with van der Waals surface area (Å²) in [6.45, 7) is 0. The van der Waals surface area contributed by atoms with E-state index in [9.17, 15) is 13.6 Å². The second kappa shape index (κ2) is 10.4. The SMILES string of the molecule is CN(C)c1cc(NC2CCC(NC(=O)c3ccccc3SC(F)F)CC2)nc2ccccc12. The fourth-order valence-electron chi connectivity index (χ4n) is 4.31. The molecule has 0 bridgehead atoms. The average Bonchev–Trinajstić information content (AvgIpc) is 2.79. The quantitative estimate of drug-likeness (QED) is 0.430. The van der Waals surface area contributed by atoms with Gasteiger partial charge in [-0.1, -0.05) is 42.1 Å². The molecule has 1 fully saturated rings. The summed E-state index contributed by atoms with van der Waals surface area (Å²) in [5.41, 5.74) is 2.37. The number of hydrogen-bond donors (Lipinski definition) is 2. The van der Waals surface area contributed by atoms with Crippen molar-refractivity contribution < 1.29 is 13.6 Å². The molecule has 2 N–H and O–H groups in total. The molecule has 174 valence electrons. The number of para-hydroxylation sites is 1. The van der Waals surface area contributed by atoms with Gasteiger partial charge in [0.05, 0.1) is 11.1 Å². The molecule has 1 aliphatic carbocycles. The van der Waals surface area contributed by atoms with E-state index in [-0.39, 0.29) is 18.0 Å². The Balaban J connectivity index is 1.37. The van der Waals surface area contributed by atoms with Crippen LogP contribution in [0.2, 0.25) is 0 Å². The van der Waals surface area contributed by atoms with Crippen LogP contribution < -0.4 is 15.5 Å². The Morgan fingerprint density at radius 2 is 1.70 bits per heavy atom. The second-order valence-corrected chi connectivity index (χ2v) is 9.51. The number of alkyl halides is 2. The molecule has 33 heavy (non-hydrogen) atoms. The number of thioether (sulfide) groups is 1. The Kier molecular flexibility index (Phi) is 7.33. The molecule has 3 aromatic rings. The topological polar surface area (TPSA) is 57.3 Å². The third-order valence-corrected chi connectivity index (χ3v) is 6.73. The molecule has 0 saturated heterocycles. The van der Waals surface area contributed by atoms with Crippen molar-refractivity contribution in [1.29, 1.82) is 0 Å². The number of hydrogen-bond acceptors (Lipinski definition) is 5. The van der Waals surface area contributed by atoms with Gasteiger partial charge in [0, 0.05) is 48.2 Å². The summed E-state index contributed by atoms with van der Waals surface area (Å²) in [4.78, 5) is 19.9. The Hall–Kier alpha value is -2.87. The number of halogens is 2. The lowest BCUT2D eigenvalue weighted by atomic mass is 9.91. The maximum atomic E-state index is 12.8. The first-order valence-corrected chi connectivity index (χ1v) is 12.0. The van der Waals surface area contributed by atoms with Gasteiger partial charge in [-0.15, -0.1) is 0 Å². The number of nitrogens with zero attached hydrogens (tertiary/aromatic N) is 2. The van der Waals surface area contributed by atoms with Gasteiger partial charge in [-0.3, -0.25) is 4.79 Å². The molecule has 1 aromatic heterocycles. The number of aromatic nitrogens is 1. The normalized spacial score (nSPS) is 18.3. The average molecular weight is 471 g/mol. The molecule has 1 aliphatic rings. The number of amides is 1.